The lowest BCUT2D eigenvalue weighted by Crippen LogP contribution is -2.24. The van der Waals surface area contributed by atoms with Crippen LogP contribution < -0.4 is 10.2 Å². The summed E-state index contributed by atoms with van der Waals surface area (Å²) in [6.45, 7) is 6.09. The topological polar surface area (TPSA) is 93.8 Å². The summed E-state index contributed by atoms with van der Waals surface area (Å²) in [5.74, 6) is 0.0759. The van der Waals surface area contributed by atoms with Crippen molar-refractivity contribution in [1.82, 2.24) is 5.43 Å². The van der Waals surface area contributed by atoms with Gasteiger partial charge in [-0.05, 0) is 45.1 Å². The molecule has 0 bridgehead atoms. The zero-order chi connectivity index (χ0) is 20.9. The lowest BCUT2D eigenvalue weighted by Gasteiger charge is -2.20. The van der Waals surface area contributed by atoms with E-state index in [1.807, 2.05) is 12.1 Å². The first-order valence-electron chi connectivity index (χ1n) is 8.26. The highest BCUT2D eigenvalue weighted by Crippen LogP contribution is 2.31. The lowest BCUT2D eigenvalue weighted by molar-refractivity contribution is -0.384. The maximum atomic E-state index is 11.9. The van der Waals surface area contributed by atoms with E-state index < -0.39 is 10.8 Å². The molecule has 0 saturated carbocycles. The number of nitro groups is 1. The van der Waals surface area contributed by atoms with Gasteiger partial charge in [-0.2, -0.15) is 5.10 Å². The van der Waals surface area contributed by atoms with Crippen LogP contribution in [0.1, 0.15) is 31.9 Å². The molecule has 0 fully saturated rings. The minimum Gasteiger partial charge on any atom is -0.483 e. The molecule has 0 aliphatic rings. The van der Waals surface area contributed by atoms with Crippen molar-refractivity contribution in [2.45, 2.75) is 26.2 Å². The van der Waals surface area contributed by atoms with Crippen molar-refractivity contribution in [1.29, 1.82) is 0 Å². The van der Waals surface area contributed by atoms with Gasteiger partial charge in [0.2, 0.25) is 0 Å². The molecule has 2 rings (SSSR count). The van der Waals surface area contributed by atoms with Crippen molar-refractivity contribution in [3.63, 3.8) is 0 Å². The van der Waals surface area contributed by atoms with E-state index in [9.17, 15) is 14.9 Å². The van der Waals surface area contributed by atoms with Gasteiger partial charge in [0.25, 0.3) is 11.6 Å². The van der Waals surface area contributed by atoms with Crippen molar-refractivity contribution in [2.24, 2.45) is 5.10 Å². The average Bonchev–Trinajstić information content (AvgIpc) is 2.61. The predicted octanol–water partition coefficient (Wildman–Crippen LogP) is 4.84. The van der Waals surface area contributed by atoms with Gasteiger partial charge in [0, 0.05) is 11.6 Å². The predicted molar refractivity (Wildman–Crippen MR) is 112 cm³/mol. The first-order chi connectivity index (χ1) is 13.1. The number of carbonyl (C=O) groups excluding carboxylic acids is 1. The molecule has 0 heterocycles. The number of nitro benzene ring substituents is 1. The molecule has 148 valence electrons. The molecule has 0 saturated heterocycles. The van der Waals surface area contributed by atoms with Crippen LogP contribution in [0.5, 0.6) is 5.75 Å². The zero-order valence-corrected chi connectivity index (χ0v) is 17.9. The van der Waals surface area contributed by atoms with Crippen molar-refractivity contribution in [2.75, 3.05) is 6.61 Å². The average molecular weight is 469 g/mol. The highest BCUT2D eigenvalue weighted by Gasteiger charge is 2.16. The Balaban J connectivity index is 1.92. The minimum absolute atomic E-state index is 0.00385. The fraction of sp³-hybridized carbons (Fsp3) is 0.263. The van der Waals surface area contributed by atoms with Crippen LogP contribution in [0.15, 0.2) is 46.0 Å². The summed E-state index contributed by atoms with van der Waals surface area (Å²) in [5.41, 5.74) is 3.64. The molecule has 1 N–H and O–H groups in total. The quantitative estimate of drug-likeness (QED) is 0.373. The maximum Gasteiger partial charge on any atom is 0.288 e. The number of rotatable bonds is 6. The molecule has 1 amide bonds. The number of hydrogen-bond donors (Lipinski definition) is 1. The summed E-state index contributed by atoms with van der Waals surface area (Å²) >= 11 is 9.19. The second kappa shape index (κ2) is 9.16. The Morgan fingerprint density at radius 2 is 2.04 bits per heavy atom. The van der Waals surface area contributed by atoms with E-state index >= 15 is 0 Å². The third kappa shape index (κ3) is 6.03. The van der Waals surface area contributed by atoms with E-state index in [0.717, 1.165) is 10.0 Å². The number of nitrogens with one attached hydrogen (secondary N) is 1. The third-order valence-corrected chi connectivity index (χ3v) is 4.67. The standard InChI is InChI=1S/C19H19BrClN3O4/c1-19(2,3)13-5-7-17(14(20)9-13)28-11-18(25)23-22-10-12-4-6-15(21)16(8-12)24(26)27/h4-10H,11H2,1-3H3,(H,23,25). The van der Waals surface area contributed by atoms with Crippen molar-refractivity contribution >= 4 is 45.3 Å². The molecule has 0 spiro atoms. The van der Waals surface area contributed by atoms with Gasteiger partial charge in [-0.15, -0.1) is 0 Å². The van der Waals surface area contributed by atoms with Crippen LogP contribution in [0.25, 0.3) is 0 Å². The fourth-order valence-electron chi connectivity index (χ4n) is 2.19. The zero-order valence-electron chi connectivity index (χ0n) is 15.5. The van der Waals surface area contributed by atoms with Gasteiger partial charge in [-0.25, -0.2) is 5.43 Å². The molecule has 2 aromatic carbocycles. The summed E-state index contributed by atoms with van der Waals surface area (Å²) < 4.78 is 6.25. The van der Waals surface area contributed by atoms with Crippen LogP contribution in [0, 0.1) is 10.1 Å². The van der Waals surface area contributed by atoms with Crippen molar-refractivity contribution < 1.29 is 14.5 Å². The largest absolute Gasteiger partial charge is 0.483 e. The Labute approximate surface area is 176 Å². The number of halogens is 2. The van der Waals surface area contributed by atoms with Crippen LogP contribution in [0.3, 0.4) is 0 Å². The molecular formula is C19H19BrClN3O4. The Kier molecular flexibility index (Phi) is 7.15. The summed E-state index contributed by atoms with van der Waals surface area (Å²) in [7, 11) is 0. The number of ether oxygens (including phenoxy) is 1. The van der Waals surface area contributed by atoms with E-state index in [-0.39, 0.29) is 22.7 Å². The second-order valence-electron chi connectivity index (χ2n) is 6.95. The third-order valence-electron chi connectivity index (χ3n) is 3.73. The summed E-state index contributed by atoms with van der Waals surface area (Å²) in [4.78, 5) is 22.2. The molecule has 28 heavy (non-hydrogen) atoms. The van der Waals surface area contributed by atoms with E-state index in [0.29, 0.717) is 11.3 Å². The number of hydrogen-bond acceptors (Lipinski definition) is 5. The summed E-state index contributed by atoms with van der Waals surface area (Å²) in [6, 6.07) is 9.92. The highest BCUT2D eigenvalue weighted by atomic mass is 79.9. The van der Waals surface area contributed by atoms with Crippen molar-refractivity contribution in [3.8, 4) is 5.75 Å². The molecule has 7 nitrogen and oxygen atoms in total. The molecule has 0 atom stereocenters. The molecule has 0 unspecified atom stereocenters. The van der Waals surface area contributed by atoms with Crippen molar-refractivity contribution in [3.05, 3.63) is 67.1 Å². The molecule has 0 aromatic heterocycles. The SMILES string of the molecule is CC(C)(C)c1ccc(OCC(=O)NN=Cc2ccc(Cl)c([N+](=O)[O-])c2)c(Br)c1. The van der Waals surface area contributed by atoms with Gasteiger partial charge in [-0.1, -0.05) is 44.5 Å². The van der Waals surface area contributed by atoms with Crippen LogP contribution in [-0.4, -0.2) is 23.7 Å². The molecular weight excluding hydrogens is 450 g/mol. The first-order valence-corrected chi connectivity index (χ1v) is 9.43. The highest BCUT2D eigenvalue weighted by molar-refractivity contribution is 9.10. The smallest absolute Gasteiger partial charge is 0.288 e. The Bertz CT molecular complexity index is 926. The molecule has 9 heteroatoms. The summed E-state index contributed by atoms with van der Waals surface area (Å²) in [6.07, 6.45) is 1.29. The lowest BCUT2D eigenvalue weighted by atomic mass is 9.87. The molecule has 0 aliphatic carbocycles. The van der Waals surface area contributed by atoms with Crippen LogP contribution in [0.4, 0.5) is 5.69 Å². The van der Waals surface area contributed by atoms with Gasteiger partial charge < -0.3 is 4.74 Å². The van der Waals surface area contributed by atoms with E-state index in [2.05, 4.69) is 47.2 Å². The first kappa shape index (κ1) is 21.8. The minimum atomic E-state index is -0.588. The van der Waals surface area contributed by atoms with E-state index in [1.54, 1.807) is 12.1 Å². The number of carbonyl (C=O) groups is 1. The molecule has 0 radical (unpaired) electrons. The van der Waals surface area contributed by atoms with E-state index in [1.165, 1.54) is 18.3 Å². The monoisotopic (exact) mass is 467 g/mol. The van der Waals surface area contributed by atoms with Crippen LogP contribution in [0.2, 0.25) is 5.02 Å². The number of nitrogens with zero attached hydrogens (tertiary/aromatic N) is 2. The van der Waals surface area contributed by atoms with Crippen LogP contribution >= 0.6 is 27.5 Å². The fourth-order valence-corrected chi connectivity index (χ4v) is 2.87. The number of amides is 1. The Hall–Kier alpha value is -2.45. The Morgan fingerprint density at radius 3 is 2.64 bits per heavy atom. The Morgan fingerprint density at radius 1 is 1.32 bits per heavy atom. The van der Waals surface area contributed by atoms with Gasteiger partial charge in [0.15, 0.2) is 6.61 Å². The van der Waals surface area contributed by atoms with Gasteiger partial charge >= 0.3 is 0 Å². The van der Waals surface area contributed by atoms with Gasteiger partial charge in [0.05, 0.1) is 15.6 Å². The summed E-state index contributed by atoms with van der Waals surface area (Å²) in [5, 5.41) is 14.7. The number of benzene rings is 2. The molecule has 2 aromatic rings. The maximum absolute atomic E-state index is 11.9. The van der Waals surface area contributed by atoms with E-state index in [4.69, 9.17) is 16.3 Å². The van der Waals surface area contributed by atoms with Gasteiger partial charge in [-0.3, -0.25) is 14.9 Å². The molecule has 0 aliphatic heterocycles. The normalized spacial score (nSPS) is 11.5. The van der Waals surface area contributed by atoms with Gasteiger partial charge in [0.1, 0.15) is 10.8 Å². The second-order valence-corrected chi connectivity index (χ2v) is 8.21. The van der Waals surface area contributed by atoms with Crippen LogP contribution in [-0.2, 0) is 10.2 Å². The number of hydrazone groups is 1.